The summed E-state index contributed by atoms with van der Waals surface area (Å²) in [6.07, 6.45) is 0. The number of rotatable bonds is 0. The minimum atomic E-state index is 0. The zero-order valence-electron chi connectivity index (χ0n) is 2.93. The Bertz CT molecular complexity index is 49.5. The Morgan fingerprint density at radius 1 is 1.17 bits per heavy atom. The molecule has 0 aliphatic carbocycles. The maximum atomic E-state index is 2.08. The molecule has 0 fully saturated rings. The van der Waals surface area contributed by atoms with Crippen molar-refractivity contribution in [1.29, 1.82) is 0 Å². The van der Waals surface area contributed by atoms with Gasteiger partial charge in [0.25, 0.3) is 0 Å². The summed E-state index contributed by atoms with van der Waals surface area (Å²) in [6, 6.07) is 0. The van der Waals surface area contributed by atoms with Crippen molar-refractivity contribution >= 4 is 23.9 Å². The van der Waals surface area contributed by atoms with Gasteiger partial charge in [0.2, 0.25) is 0 Å². The Morgan fingerprint density at radius 2 is 1.67 bits per heavy atom. The summed E-state index contributed by atoms with van der Waals surface area (Å²) in [5.74, 6) is 0. The van der Waals surface area contributed by atoms with Crippen molar-refractivity contribution in [2.24, 2.45) is 0 Å². The molecule has 0 spiro atoms. The highest BCUT2D eigenvalue weighted by atomic mass is 35.5. The second-order valence-corrected chi connectivity index (χ2v) is 2.50. The van der Waals surface area contributed by atoms with Crippen LogP contribution in [0, 0.1) is 0 Å². The molecule has 4 heteroatoms. The number of nitrogens with two attached hydrogens (primary N) is 1. The Labute approximate surface area is 51.6 Å². The van der Waals surface area contributed by atoms with Gasteiger partial charge in [0.15, 0.2) is 0 Å². The topological polar surface area (TPSA) is 16.6 Å². The molecule has 0 saturated heterocycles. The van der Waals surface area contributed by atoms with Crippen LogP contribution in [0.1, 0.15) is 0 Å². The van der Waals surface area contributed by atoms with Crippen molar-refractivity contribution in [2.75, 3.05) is 0 Å². The molecule has 0 bridgehead atoms. The zero-order valence-corrected chi connectivity index (χ0v) is 5.32. The van der Waals surface area contributed by atoms with Crippen molar-refractivity contribution in [3.63, 3.8) is 0 Å². The molecule has 0 amide bonds. The predicted molar refractivity (Wildman–Crippen MR) is 26.2 cm³/mol. The van der Waals surface area contributed by atoms with E-state index in [0.717, 1.165) is 0 Å². The third kappa shape index (κ3) is 1.97. The van der Waals surface area contributed by atoms with E-state index in [1.54, 1.807) is 23.9 Å². The summed E-state index contributed by atoms with van der Waals surface area (Å²) in [6.45, 7) is 0. The first-order valence-corrected chi connectivity index (χ1v) is 3.16. The van der Waals surface area contributed by atoms with Gasteiger partial charge in [-0.25, -0.2) is 4.13 Å². The van der Waals surface area contributed by atoms with E-state index in [1.165, 1.54) is 0 Å². The van der Waals surface area contributed by atoms with Gasteiger partial charge in [0.05, 0.1) is 0 Å². The van der Waals surface area contributed by atoms with E-state index in [-0.39, 0.29) is 12.4 Å². The fourth-order valence-corrected chi connectivity index (χ4v) is 1.44. The molecule has 36 valence electrons. The number of hydrogen-bond donors (Lipinski definition) is 1. The summed E-state index contributed by atoms with van der Waals surface area (Å²) in [7, 11) is 0. The SMILES string of the molecule is C1=CS[NH2+]S1.[Cl-]. The average molecular weight is 142 g/mol. The largest absolute Gasteiger partial charge is 1.00 e. The molecule has 1 aliphatic rings. The van der Waals surface area contributed by atoms with Crippen LogP contribution in [0.25, 0.3) is 0 Å². The molecule has 0 aromatic rings. The molecule has 0 radical (unpaired) electrons. The smallest absolute Gasteiger partial charge is 0.114 e. The molecule has 0 atom stereocenters. The first-order chi connectivity index (χ1) is 2.50. The Morgan fingerprint density at radius 3 is 1.83 bits per heavy atom. The van der Waals surface area contributed by atoms with Gasteiger partial charge in [0.1, 0.15) is 23.9 Å². The van der Waals surface area contributed by atoms with Crippen LogP contribution in [0.15, 0.2) is 10.8 Å². The first-order valence-electron chi connectivity index (χ1n) is 1.28. The van der Waals surface area contributed by atoms with Crippen molar-refractivity contribution < 1.29 is 16.5 Å². The standard InChI is InChI=1S/C2H3NS2.ClH/c1-2-5-3-4-1;/h1-3H;1H. The lowest BCUT2D eigenvalue weighted by atomic mass is 11.3. The lowest BCUT2D eigenvalue weighted by Gasteiger charge is -1.67. The fourth-order valence-electron chi connectivity index (χ4n) is 0.160. The van der Waals surface area contributed by atoms with Gasteiger partial charge < -0.3 is 12.4 Å². The Balaban J connectivity index is 0.000000250. The lowest BCUT2D eigenvalue weighted by molar-refractivity contribution is -0.262. The molecule has 1 aliphatic heterocycles. The van der Waals surface area contributed by atoms with Crippen molar-refractivity contribution in [3.8, 4) is 0 Å². The van der Waals surface area contributed by atoms with Gasteiger partial charge in [-0.1, -0.05) is 0 Å². The van der Waals surface area contributed by atoms with E-state index in [0.29, 0.717) is 0 Å². The monoisotopic (exact) mass is 141 g/mol. The minimum absolute atomic E-state index is 0. The second kappa shape index (κ2) is 3.87. The van der Waals surface area contributed by atoms with Crippen LogP contribution < -0.4 is 16.5 Å². The van der Waals surface area contributed by atoms with Gasteiger partial charge in [-0.3, -0.25) is 0 Å². The van der Waals surface area contributed by atoms with Gasteiger partial charge in [-0.05, 0) is 0 Å². The molecule has 2 N–H and O–H groups in total. The molecule has 0 aromatic heterocycles. The van der Waals surface area contributed by atoms with E-state index < -0.39 is 0 Å². The molecular weight excluding hydrogens is 138 g/mol. The van der Waals surface area contributed by atoms with Crippen LogP contribution in [-0.4, -0.2) is 0 Å². The molecular formula is C2H4ClNS2. The number of hydrogen-bond acceptors (Lipinski definition) is 2. The Hall–Kier alpha value is 0.690. The van der Waals surface area contributed by atoms with Crippen molar-refractivity contribution in [1.82, 2.24) is 0 Å². The lowest BCUT2D eigenvalue weighted by Crippen LogP contribution is -3.00. The van der Waals surface area contributed by atoms with Gasteiger partial charge in [-0.2, -0.15) is 0 Å². The molecule has 1 heterocycles. The highest BCUT2D eigenvalue weighted by molar-refractivity contribution is 8.10. The van der Waals surface area contributed by atoms with Gasteiger partial charge >= 0.3 is 0 Å². The van der Waals surface area contributed by atoms with E-state index in [2.05, 4.69) is 14.9 Å². The number of quaternary nitrogens is 1. The number of halogens is 1. The maximum Gasteiger partial charge on any atom is 0.114 e. The van der Waals surface area contributed by atoms with Crippen molar-refractivity contribution in [2.45, 2.75) is 0 Å². The zero-order chi connectivity index (χ0) is 3.54. The summed E-state index contributed by atoms with van der Waals surface area (Å²) < 4.78 is 2.08. The summed E-state index contributed by atoms with van der Waals surface area (Å²) >= 11 is 3.46. The van der Waals surface area contributed by atoms with Gasteiger partial charge in [0, 0.05) is 10.8 Å². The van der Waals surface area contributed by atoms with Crippen LogP contribution in [0.2, 0.25) is 0 Å². The van der Waals surface area contributed by atoms with E-state index >= 15 is 0 Å². The highest BCUT2D eigenvalue weighted by Crippen LogP contribution is 2.02. The van der Waals surface area contributed by atoms with Crippen molar-refractivity contribution in [3.05, 3.63) is 10.8 Å². The Kier molecular flexibility index (Phi) is 4.31. The van der Waals surface area contributed by atoms with E-state index in [9.17, 15) is 0 Å². The summed E-state index contributed by atoms with van der Waals surface area (Å²) in [5, 5.41) is 4.12. The third-order valence-corrected chi connectivity index (χ3v) is 1.97. The van der Waals surface area contributed by atoms with E-state index in [1.807, 2.05) is 0 Å². The molecule has 0 aromatic carbocycles. The molecule has 0 unspecified atom stereocenters. The fraction of sp³-hybridized carbons (Fsp3) is 0. The van der Waals surface area contributed by atoms with E-state index in [4.69, 9.17) is 0 Å². The summed E-state index contributed by atoms with van der Waals surface area (Å²) in [5.41, 5.74) is 0. The molecule has 6 heavy (non-hydrogen) atoms. The minimum Gasteiger partial charge on any atom is -1.00 e. The van der Waals surface area contributed by atoms with Crippen LogP contribution >= 0.6 is 23.9 Å². The first kappa shape index (κ1) is 6.69. The van der Waals surface area contributed by atoms with Crippen LogP contribution in [0.3, 0.4) is 0 Å². The van der Waals surface area contributed by atoms with Crippen LogP contribution in [-0.2, 0) is 0 Å². The maximum absolute atomic E-state index is 2.08. The third-order valence-electron chi connectivity index (χ3n) is 0.324. The second-order valence-electron chi connectivity index (χ2n) is 0.641. The molecule has 0 saturated carbocycles. The average Bonchev–Trinajstić information content (AvgIpc) is 1.76. The van der Waals surface area contributed by atoms with Gasteiger partial charge in [-0.15, -0.1) is 0 Å². The highest BCUT2D eigenvalue weighted by Gasteiger charge is 1.92. The summed E-state index contributed by atoms with van der Waals surface area (Å²) in [4.78, 5) is 0. The normalized spacial score (nSPS) is 17.3. The quantitative estimate of drug-likeness (QED) is 0.371. The molecule has 1 rings (SSSR count). The van der Waals surface area contributed by atoms with Crippen LogP contribution in [0.5, 0.6) is 0 Å². The molecule has 1 nitrogen and oxygen atoms in total. The van der Waals surface area contributed by atoms with Crippen LogP contribution in [0.4, 0.5) is 0 Å². The predicted octanol–water partition coefficient (Wildman–Crippen LogP) is -2.67.